The first-order valence-corrected chi connectivity index (χ1v) is 8.72. The molecule has 2 fully saturated rings. The lowest BCUT2D eigenvalue weighted by Gasteiger charge is -2.31. The zero-order valence-electron chi connectivity index (χ0n) is 14.2. The Bertz CT molecular complexity index is 679. The van der Waals surface area contributed by atoms with Crippen LogP contribution < -0.4 is 0 Å². The van der Waals surface area contributed by atoms with Gasteiger partial charge in [0.25, 0.3) is 0 Å². The molecule has 3 heterocycles. The van der Waals surface area contributed by atoms with Crippen molar-refractivity contribution in [2.24, 2.45) is 5.92 Å². The van der Waals surface area contributed by atoms with Crippen LogP contribution in [0.25, 0.3) is 0 Å². The van der Waals surface area contributed by atoms with Gasteiger partial charge in [-0.1, -0.05) is 12.1 Å². The van der Waals surface area contributed by atoms with Crippen molar-refractivity contribution in [2.75, 3.05) is 32.9 Å². The van der Waals surface area contributed by atoms with Crippen molar-refractivity contribution in [1.29, 1.82) is 0 Å². The van der Waals surface area contributed by atoms with Crippen molar-refractivity contribution >= 4 is 0 Å². The third-order valence-corrected chi connectivity index (χ3v) is 4.97. The molecular weight excluding hydrogens is 323 g/mol. The van der Waals surface area contributed by atoms with Crippen LogP contribution in [0.5, 0.6) is 0 Å². The molecule has 0 amide bonds. The van der Waals surface area contributed by atoms with Gasteiger partial charge < -0.3 is 14.0 Å². The van der Waals surface area contributed by atoms with Crippen LogP contribution in [-0.2, 0) is 22.6 Å². The minimum Gasteiger partial charge on any atom is -0.377 e. The highest BCUT2D eigenvalue weighted by atomic mass is 19.1. The standard InChI is InChI=1S/C18H23FN4O2/c19-17-3-1-15(2-4-17)8-22-5-6-24-12-18(11-22)7-16(10-25-18)9-23-13-20-21-14-23/h1-4,13-14,16H,5-12H2/t16-,18+/m0/s1. The van der Waals surface area contributed by atoms with Gasteiger partial charge in [-0.2, -0.15) is 0 Å². The van der Waals surface area contributed by atoms with Crippen molar-refractivity contribution < 1.29 is 13.9 Å². The van der Waals surface area contributed by atoms with E-state index in [0.717, 1.165) is 44.8 Å². The fraction of sp³-hybridized carbons (Fsp3) is 0.556. The van der Waals surface area contributed by atoms with Crippen molar-refractivity contribution in [3.63, 3.8) is 0 Å². The lowest BCUT2D eigenvalue weighted by molar-refractivity contribution is -0.0563. The highest BCUT2D eigenvalue weighted by molar-refractivity contribution is 5.16. The zero-order valence-corrected chi connectivity index (χ0v) is 14.2. The summed E-state index contributed by atoms with van der Waals surface area (Å²) < 4.78 is 27.2. The molecule has 0 unspecified atom stereocenters. The van der Waals surface area contributed by atoms with E-state index in [9.17, 15) is 4.39 Å². The van der Waals surface area contributed by atoms with Crippen LogP contribution in [0.4, 0.5) is 4.39 Å². The maximum atomic E-state index is 13.1. The van der Waals surface area contributed by atoms with Crippen LogP contribution in [0.2, 0.25) is 0 Å². The molecule has 1 aromatic carbocycles. The van der Waals surface area contributed by atoms with Gasteiger partial charge in [0.1, 0.15) is 24.1 Å². The Labute approximate surface area is 146 Å². The van der Waals surface area contributed by atoms with Gasteiger partial charge in [-0.15, -0.1) is 10.2 Å². The molecule has 2 atom stereocenters. The summed E-state index contributed by atoms with van der Waals surface area (Å²) >= 11 is 0. The normalized spacial score (nSPS) is 27.6. The van der Waals surface area contributed by atoms with Gasteiger partial charge in [0.15, 0.2) is 0 Å². The van der Waals surface area contributed by atoms with E-state index in [-0.39, 0.29) is 11.4 Å². The van der Waals surface area contributed by atoms with Gasteiger partial charge in [0.05, 0.1) is 19.8 Å². The van der Waals surface area contributed by atoms with Crippen molar-refractivity contribution in [1.82, 2.24) is 19.7 Å². The maximum Gasteiger partial charge on any atom is 0.123 e. The Morgan fingerprint density at radius 1 is 1.20 bits per heavy atom. The Morgan fingerprint density at radius 2 is 2.00 bits per heavy atom. The average molecular weight is 346 g/mol. The zero-order chi connectivity index (χ0) is 17.1. The number of ether oxygens (including phenoxy) is 2. The topological polar surface area (TPSA) is 52.4 Å². The quantitative estimate of drug-likeness (QED) is 0.844. The van der Waals surface area contributed by atoms with Crippen LogP contribution in [0, 0.1) is 11.7 Å². The highest BCUT2D eigenvalue weighted by Gasteiger charge is 2.43. The molecule has 2 saturated heterocycles. The highest BCUT2D eigenvalue weighted by Crippen LogP contribution is 2.34. The fourth-order valence-electron chi connectivity index (χ4n) is 3.85. The van der Waals surface area contributed by atoms with Crippen LogP contribution >= 0.6 is 0 Å². The maximum absolute atomic E-state index is 13.1. The monoisotopic (exact) mass is 346 g/mol. The van der Waals surface area contributed by atoms with Crippen LogP contribution in [0.1, 0.15) is 12.0 Å². The van der Waals surface area contributed by atoms with Crippen molar-refractivity contribution in [3.05, 3.63) is 48.3 Å². The first kappa shape index (κ1) is 16.6. The molecule has 25 heavy (non-hydrogen) atoms. The second-order valence-electron chi connectivity index (χ2n) is 7.11. The predicted molar refractivity (Wildman–Crippen MR) is 89.3 cm³/mol. The Balaban J connectivity index is 1.40. The van der Waals surface area contributed by atoms with E-state index < -0.39 is 0 Å². The van der Waals surface area contributed by atoms with E-state index in [1.54, 1.807) is 12.7 Å². The van der Waals surface area contributed by atoms with Crippen molar-refractivity contribution in [2.45, 2.75) is 25.1 Å². The molecule has 2 aliphatic heterocycles. The largest absolute Gasteiger partial charge is 0.377 e. The summed E-state index contributed by atoms with van der Waals surface area (Å²) in [6.45, 7) is 5.40. The molecule has 4 rings (SSSR count). The molecule has 0 aliphatic carbocycles. The van der Waals surface area contributed by atoms with Crippen LogP contribution in [0.3, 0.4) is 0 Å². The molecule has 2 aliphatic rings. The summed E-state index contributed by atoms with van der Waals surface area (Å²) in [5, 5.41) is 7.72. The fourth-order valence-corrected chi connectivity index (χ4v) is 3.85. The van der Waals surface area contributed by atoms with Crippen molar-refractivity contribution in [3.8, 4) is 0 Å². The SMILES string of the molecule is Fc1ccc(CN2CCOC[C@@]3(C[C@@H](Cn4cnnc4)CO3)C2)cc1. The molecule has 6 nitrogen and oxygen atoms in total. The van der Waals surface area contributed by atoms with E-state index in [1.807, 2.05) is 16.7 Å². The van der Waals surface area contributed by atoms with E-state index >= 15 is 0 Å². The number of aromatic nitrogens is 3. The van der Waals surface area contributed by atoms with E-state index in [2.05, 4.69) is 15.1 Å². The summed E-state index contributed by atoms with van der Waals surface area (Å²) in [5.74, 6) is 0.237. The van der Waals surface area contributed by atoms with Crippen LogP contribution in [-0.4, -0.2) is 58.2 Å². The summed E-state index contributed by atoms with van der Waals surface area (Å²) in [6.07, 6.45) is 4.45. The van der Waals surface area contributed by atoms with Gasteiger partial charge >= 0.3 is 0 Å². The number of hydrogen-bond acceptors (Lipinski definition) is 5. The summed E-state index contributed by atoms with van der Waals surface area (Å²) in [4.78, 5) is 2.35. The number of hydrogen-bond donors (Lipinski definition) is 0. The Kier molecular flexibility index (Phi) is 4.78. The van der Waals surface area contributed by atoms with E-state index in [4.69, 9.17) is 9.47 Å². The first-order chi connectivity index (χ1) is 12.2. The molecular formula is C18H23FN4O2. The predicted octanol–water partition coefficient (Wildman–Crippen LogP) is 1.72. The molecule has 0 bridgehead atoms. The average Bonchev–Trinajstić information content (AvgIpc) is 3.20. The number of benzene rings is 1. The van der Waals surface area contributed by atoms with Gasteiger partial charge in [0, 0.05) is 32.1 Å². The Morgan fingerprint density at radius 3 is 2.80 bits per heavy atom. The molecule has 0 radical (unpaired) electrons. The number of rotatable bonds is 4. The van der Waals surface area contributed by atoms with Crippen LogP contribution in [0.15, 0.2) is 36.9 Å². The smallest absolute Gasteiger partial charge is 0.123 e. The minimum atomic E-state index is -0.255. The van der Waals surface area contributed by atoms with E-state index in [0.29, 0.717) is 19.1 Å². The van der Waals surface area contributed by atoms with Gasteiger partial charge in [-0.3, -0.25) is 4.90 Å². The minimum absolute atomic E-state index is 0.199. The summed E-state index contributed by atoms with van der Waals surface area (Å²) in [7, 11) is 0. The second-order valence-corrected chi connectivity index (χ2v) is 7.11. The third-order valence-electron chi connectivity index (χ3n) is 4.97. The molecule has 7 heteroatoms. The number of nitrogens with zero attached hydrogens (tertiary/aromatic N) is 4. The lowest BCUT2D eigenvalue weighted by atomic mass is 9.94. The molecule has 1 aromatic heterocycles. The summed E-state index contributed by atoms with van der Waals surface area (Å²) in [5.41, 5.74) is 0.854. The van der Waals surface area contributed by atoms with E-state index in [1.165, 1.54) is 12.1 Å². The van der Waals surface area contributed by atoms with Gasteiger partial charge in [-0.25, -0.2) is 4.39 Å². The summed E-state index contributed by atoms with van der Waals surface area (Å²) in [6, 6.07) is 6.72. The van der Waals surface area contributed by atoms with Gasteiger partial charge in [0.2, 0.25) is 0 Å². The molecule has 2 aromatic rings. The third kappa shape index (κ3) is 4.05. The molecule has 0 saturated carbocycles. The Hall–Kier alpha value is -1.83. The second kappa shape index (κ2) is 7.19. The lowest BCUT2D eigenvalue weighted by Crippen LogP contribution is -2.43. The first-order valence-electron chi connectivity index (χ1n) is 8.72. The van der Waals surface area contributed by atoms with Gasteiger partial charge in [-0.05, 0) is 24.1 Å². The number of halogens is 1. The molecule has 134 valence electrons. The molecule has 0 N–H and O–H groups in total. The molecule has 1 spiro atoms.